The quantitative estimate of drug-likeness (QED) is 0.721. The number of rotatable bonds is 5. The fourth-order valence-electron chi connectivity index (χ4n) is 5.41. The SMILES string of the molecule is CCOc1ccccc1[C@@H]1[C@@H]2CCCC[C@@]2(O)CCN1C(=O)c1cccc(NC(C)=O)c1. The van der Waals surface area contributed by atoms with E-state index in [1.807, 2.05) is 36.1 Å². The molecule has 1 aliphatic heterocycles. The zero-order chi connectivity index (χ0) is 22.7. The number of fused-ring (bicyclic) bond motifs is 1. The van der Waals surface area contributed by atoms with Crippen molar-refractivity contribution in [1.29, 1.82) is 0 Å². The van der Waals surface area contributed by atoms with Crippen LogP contribution in [0, 0.1) is 5.92 Å². The maximum absolute atomic E-state index is 13.8. The number of piperidine rings is 1. The first kappa shape index (κ1) is 22.3. The van der Waals surface area contributed by atoms with E-state index in [1.54, 1.807) is 24.3 Å². The Morgan fingerprint density at radius 3 is 2.75 bits per heavy atom. The third-order valence-corrected chi connectivity index (χ3v) is 6.80. The molecule has 3 atom stereocenters. The van der Waals surface area contributed by atoms with Gasteiger partial charge in [-0.05, 0) is 50.5 Å². The van der Waals surface area contributed by atoms with Crippen molar-refractivity contribution in [2.75, 3.05) is 18.5 Å². The van der Waals surface area contributed by atoms with Crippen molar-refractivity contribution in [3.05, 3.63) is 59.7 Å². The van der Waals surface area contributed by atoms with Crippen LogP contribution in [0.15, 0.2) is 48.5 Å². The van der Waals surface area contributed by atoms with Crippen molar-refractivity contribution in [1.82, 2.24) is 4.90 Å². The van der Waals surface area contributed by atoms with E-state index in [1.165, 1.54) is 6.92 Å². The van der Waals surface area contributed by atoms with Crippen LogP contribution in [0.2, 0.25) is 0 Å². The Labute approximate surface area is 189 Å². The van der Waals surface area contributed by atoms with E-state index in [0.29, 0.717) is 30.8 Å². The molecule has 6 nitrogen and oxygen atoms in total. The Hall–Kier alpha value is -2.86. The molecule has 2 aromatic carbocycles. The van der Waals surface area contributed by atoms with Crippen molar-refractivity contribution in [2.45, 2.75) is 57.6 Å². The van der Waals surface area contributed by atoms with Crippen LogP contribution >= 0.6 is 0 Å². The number of carbonyl (C=O) groups is 2. The van der Waals surface area contributed by atoms with Crippen LogP contribution in [-0.2, 0) is 4.79 Å². The molecule has 2 fully saturated rings. The summed E-state index contributed by atoms with van der Waals surface area (Å²) in [5.74, 6) is 0.443. The molecular weight excluding hydrogens is 404 g/mol. The lowest BCUT2D eigenvalue weighted by atomic mass is 9.66. The van der Waals surface area contributed by atoms with Crippen molar-refractivity contribution in [3.8, 4) is 5.75 Å². The van der Waals surface area contributed by atoms with Gasteiger partial charge in [0.05, 0.1) is 18.2 Å². The largest absolute Gasteiger partial charge is 0.494 e. The van der Waals surface area contributed by atoms with E-state index >= 15 is 0 Å². The number of nitrogens with zero attached hydrogens (tertiary/aromatic N) is 1. The number of likely N-dealkylation sites (tertiary alicyclic amines) is 1. The highest BCUT2D eigenvalue weighted by atomic mass is 16.5. The van der Waals surface area contributed by atoms with Gasteiger partial charge in [-0.15, -0.1) is 0 Å². The molecule has 0 radical (unpaired) electrons. The standard InChI is InChI=1S/C26H32N2O4/c1-3-32-23-13-5-4-11-21(23)24-22-12-6-7-14-26(22,31)15-16-28(24)25(30)19-9-8-10-20(17-19)27-18(2)29/h4-5,8-11,13,17,22,24,31H,3,6-7,12,14-16H2,1-2H3,(H,27,29)/t22-,24+,26+/m0/s1. The van der Waals surface area contributed by atoms with Gasteiger partial charge in [0.15, 0.2) is 0 Å². The molecule has 2 aliphatic rings. The molecule has 0 spiro atoms. The lowest BCUT2D eigenvalue weighted by Crippen LogP contribution is -2.56. The fourth-order valence-corrected chi connectivity index (χ4v) is 5.41. The second-order valence-corrected chi connectivity index (χ2v) is 8.88. The van der Waals surface area contributed by atoms with Gasteiger partial charge in [0.1, 0.15) is 5.75 Å². The van der Waals surface area contributed by atoms with Crippen molar-refractivity contribution >= 4 is 17.5 Å². The Morgan fingerprint density at radius 1 is 1.16 bits per heavy atom. The molecule has 0 aromatic heterocycles. The van der Waals surface area contributed by atoms with Gasteiger partial charge in [0, 0.05) is 36.2 Å². The molecule has 32 heavy (non-hydrogen) atoms. The molecule has 2 N–H and O–H groups in total. The van der Waals surface area contributed by atoms with E-state index < -0.39 is 5.60 Å². The Morgan fingerprint density at radius 2 is 1.97 bits per heavy atom. The molecule has 0 bridgehead atoms. The van der Waals surface area contributed by atoms with Gasteiger partial charge in [-0.2, -0.15) is 0 Å². The monoisotopic (exact) mass is 436 g/mol. The van der Waals surface area contributed by atoms with Gasteiger partial charge < -0.3 is 20.1 Å². The summed E-state index contributed by atoms with van der Waals surface area (Å²) in [4.78, 5) is 27.1. The second kappa shape index (κ2) is 9.33. The van der Waals surface area contributed by atoms with Gasteiger partial charge >= 0.3 is 0 Å². The molecule has 6 heteroatoms. The van der Waals surface area contributed by atoms with Crippen LogP contribution in [0.3, 0.4) is 0 Å². The Bertz CT molecular complexity index is 991. The Balaban J connectivity index is 1.75. The maximum atomic E-state index is 13.8. The summed E-state index contributed by atoms with van der Waals surface area (Å²) < 4.78 is 5.93. The molecule has 1 saturated heterocycles. The van der Waals surface area contributed by atoms with E-state index in [-0.39, 0.29) is 23.8 Å². The van der Waals surface area contributed by atoms with E-state index in [0.717, 1.165) is 37.0 Å². The molecule has 4 rings (SSSR count). The minimum atomic E-state index is -0.767. The van der Waals surface area contributed by atoms with Gasteiger partial charge in [0.2, 0.25) is 5.91 Å². The van der Waals surface area contributed by atoms with E-state index in [4.69, 9.17) is 4.74 Å². The van der Waals surface area contributed by atoms with Crippen LogP contribution in [0.25, 0.3) is 0 Å². The normalized spacial score (nSPS) is 25.0. The highest BCUT2D eigenvalue weighted by Crippen LogP contribution is 2.51. The van der Waals surface area contributed by atoms with Gasteiger partial charge in [-0.3, -0.25) is 9.59 Å². The predicted molar refractivity (Wildman–Crippen MR) is 124 cm³/mol. The Kier molecular flexibility index (Phi) is 6.51. The first-order valence-electron chi connectivity index (χ1n) is 11.6. The van der Waals surface area contributed by atoms with Crippen LogP contribution in [0.4, 0.5) is 5.69 Å². The highest BCUT2D eigenvalue weighted by Gasteiger charge is 2.50. The first-order chi connectivity index (χ1) is 15.4. The number of aliphatic hydroxyl groups is 1. The molecule has 1 aliphatic carbocycles. The smallest absolute Gasteiger partial charge is 0.254 e. The summed E-state index contributed by atoms with van der Waals surface area (Å²) in [6.45, 7) is 4.40. The number of benzene rings is 2. The number of hydrogen-bond donors (Lipinski definition) is 2. The lowest BCUT2D eigenvalue weighted by molar-refractivity contribution is -0.115. The zero-order valence-electron chi connectivity index (χ0n) is 18.8. The lowest BCUT2D eigenvalue weighted by Gasteiger charge is -2.52. The topological polar surface area (TPSA) is 78.9 Å². The molecule has 1 heterocycles. The minimum absolute atomic E-state index is 0.0471. The first-order valence-corrected chi connectivity index (χ1v) is 11.6. The predicted octanol–water partition coefficient (Wildman–Crippen LogP) is 4.55. The molecule has 2 aromatic rings. The molecule has 0 unspecified atom stereocenters. The zero-order valence-corrected chi connectivity index (χ0v) is 18.8. The number of amides is 2. The average Bonchev–Trinajstić information content (AvgIpc) is 2.78. The summed E-state index contributed by atoms with van der Waals surface area (Å²) in [5, 5.41) is 14.3. The van der Waals surface area contributed by atoms with Crippen LogP contribution in [0.1, 0.15) is 67.9 Å². The van der Waals surface area contributed by atoms with Crippen molar-refractivity contribution in [2.24, 2.45) is 5.92 Å². The van der Waals surface area contributed by atoms with Gasteiger partial charge in [-0.1, -0.05) is 37.1 Å². The molecular formula is C26H32N2O4. The minimum Gasteiger partial charge on any atom is -0.494 e. The number of hydrogen-bond acceptors (Lipinski definition) is 4. The molecule has 2 amide bonds. The van der Waals surface area contributed by atoms with Crippen LogP contribution in [-0.4, -0.2) is 40.6 Å². The fraction of sp³-hybridized carbons (Fsp3) is 0.462. The number of anilines is 1. The summed E-state index contributed by atoms with van der Waals surface area (Å²) in [6, 6.07) is 14.6. The maximum Gasteiger partial charge on any atom is 0.254 e. The van der Waals surface area contributed by atoms with Crippen molar-refractivity contribution < 1.29 is 19.4 Å². The number of para-hydroxylation sites is 1. The highest BCUT2D eigenvalue weighted by molar-refractivity contribution is 5.97. The summed E-state index contributed by atoms with van der Waals surface area (Å²) in [6.07, 6.45) is 4.27. The molecule has 1 saturated carbocycles. The van der Waals surface area contributed by atoms with Gasteiger partial charge in [-0.25, -0.2) is 0 Å². The molecule has 170 valence electrons. The summed E-state index contributed by atoms with van der Waals surface area (Å²) in [5.41, 5.74) is 1.31. The third kappa shape index (κ3) is 4.37. The van der Waals surface area contributed by atoms with Crippen molar-refractivity contribution in [3.63, 3.8) is 0 Å². The summed E-state index contributed by atoms with van der Waals surface area (Å²) in [7, 11) is 0. The third-order valence-electron chi connectivity index (χ3n) is 6.80. The van der Waals surface area contributed by atoms with Gasteiger partial charge in [0.25, 0.3) is 5.91 Å². The second-order valence-electron chi connectivity index (χ2n) is 8.88. The number of carbonyl (C=O) groups excluding carboxylic acids is 2. The van der Waals surface area contributed by atoms with Crippen LogP contribution < -0.4 is 10.1 Å². The number of nitrogens with one attached hydrogen (secondary N) is 1. The summed E-state index contributed by atoms with van der Waals surface area (Å²) >= 11 is 0. The average molecular weight is 437 g/mol. The van der Waals surface area contributed by atoms with Crippen LogP contribution in [0.5, 0.6) is 5.75 Å². The number of ether oxygens (including phenoxy) is 1. The van der Waals surface area contributed by atoms with E-state index in [9.17, 15) is 14.7 Å². The van der Waals surface area contributed by atoms with E-state index in [2.05, 4.69) is 5.32 Å².